The van der Waals surface area contributed by atoms with Gasteiger partial charge in [-0.15, -0.1) is 11.3 Å². The van der Waals surface area contributed by atoms with Crippen molar-refractivity contribution in [1.82, 2.24) is 9.80 Å². The highest BCUT2D eigenvalue weighted by Crippen LogP contribution is 2.21. The number of carbonyl (C=O) groups is 2. The number of benzene rings is 1. The second-order valence-corrected chi connectivity index (χ2v) is 6.93. The molecule has 5 nitrogen and oxygen atoms in total. The minimum absolute atomic E-state index is 0.138. The molecule has 126 valence electrons. The number of Topliss-reactive ketones (excluding diaryl/α,β-unsaturated/α-hetero) is 1. The maximum absolute atomic E-state index is 12.3. The summed E-state index contributed by atoms with van der Waals surface area (Å²) in [6.07, 6.45) is 0. The third-order valence-corrected chi connectivity index (χ3v) is 5.18. The highest BCUT2D eigenvalue weighted by atomic mass is 35.5. The standard InChI is InChI=1S/C17H18ClN3O2S/c18-13-4-1-2-5-14(13)19-17(23)21-9-7-20(8-10-21)12-15(22)16-6-3-11-24-16/h1-6,11H,7-10,12H2,(H,19,23). The van der Waals surface area contributed by atoms with Gasteiger partial charge in [0.25, 0.3) is 0 Å². The molecule has 0 unspecified atom stereocenters. The smallest absolute Gasteiger partial charge is 0.321 e. The average molecular weight is 364 g/mol. The second kappa shape index (κ2) is 7.79. The minimum atomic E-state index is -0.160. The summed E-state index contributed by atoms with van der Waals surface area (Å²) in [5.74, 6) is 0.138. The summed E-state index contributed by atoms with van der Waals surface area (Å²) in [7, 11) is 0. The molecule has 0 radical (unpaired) electrons. The van der Waals surface area contributed by atoms with Crippen LogP contribution in [0.5, 0.6) is 0 Å². The van der Waals surface area contributed by atoms with Crippen LogP contribution in [0, 0.1) is 0 Å². The molecule has 1 aromatic carbocycles. The van der Waals surface area contributed by atoms with Gasteiger partial charge in [0, 0.05) is 26.2 Å². The van der Waals surface area contributed by atoms with E-state index in [9.17, 15) is 9.59 Å². The number of anilines is 1. The van der Waals surface area contributed by atoms with Gasteiger partial charge in [-0.25, -0.2) is 4.79 Å². The first-order valence-electron chi connectivity index (χ1n) is 7.73. The van der Waals surface area contributed by atoms with Crippen LogP contribution in [0.3, 0.4) is 0 Å². The van der Waals surface area contributed by atoms with Gasteiger partial charge in [-0.1, -0.05) is 29.8 Å². The molecule has 2 amide bonds. The number of urea groups is 1. The number of thiophene rings is 1. The fraction of sp³-hybridized carbons (Fsp3) is 0.294. The van der Waals surface area contributed by atoms with E-state index in [1.807, 2.05) is 29.6 Å². The zero-order valence-corrected chi connectivity index (χ0v) is 14.6. The van der Waals surface area contributed by atoms with E-state index in [-0.39, 0.29) is 11.8 Å². The zero-order chi connectivity index (χ0) is 16.9. The van der Waals surface area contributed by atoms with Crippen LogP contribution in [0.4, 0.5) is 10.5 Å². The van der Waals surface area contributed by atoms with Crippen molar-refractivity contribution in [2.45, 2.75) is 0 Å². The number of carbonyl (C=O) groups excluding carboxylic acids is 2. The van der Waals surface area contributed by atoms with E-state index in [2.05, 4.69) is 10.2 Å². The summed E-state index contributed by atoms with van der Waals surface area (Å²) < 4.78 is 0. The van der Waals surface area contributed by atoms with Crippen LogP contribution in [0.1, 0.15) is 9.67 Å². The first kappa shape index (κ1) is 17.0. The van der Waals surface area contributed by atoms with Crippen LogP contribution in [0.15, 0.2) is 41.8 Å². The molecule has 0 spiro atoms. The Bertz CT molecular complexity index is 712. The average Bonchev–Trinajstić information content (AvgIpc) is 3.12. The Kier molecular flexibility index (Phi) is 5.50. The lowest BCUT2D eigenvalue weighted by molar-refractivity contribution is 0.0887. The summed E-state index contributed by atoms with van der Waals surface area (Å²) in [6, 6.07) is 10.7. The van der Waals surface area contributed by atoms with Crippen molar-refractivity contribution in [3.05, 3.63) is 51.7 Å². The maximum atomic E-state index is 12.3. The number of halogens is 1. The normalized spacial score (nSPS) is 15.3. The number of nitrogens with one attached hydrogen (secondary N) is 1. The van der Waals surface area contributed by atoms with Gasteiger partial charge >= 0.3 is 6.03 Å². The molecule has 1 aromatic heterocycles. The summed E-state index contributed by atoms with van der Waals surface area (Å²) in [6.45, 7) is 2.96. The largest absolute Gasteiger partial charge is 0.322 e. The third-order valence-electron chi connectivity index (χ3n) is 3.94. The van der Waals surface area contributed by atoms with Gasteiger partial charge < -0.3 is 10.2 Å². The van der Waals surface area contributed by atoms with Crippen molar-refractivity contribution in [2.24, 2.45) is 0 Å². The van der Waals surface area contributed by atoms with Crippen LogP contribution in [-0.4, -0.2) is 54.3 Å². The summed E-state index contributed by atoms with van der Waals surface area (Å²) in [5.41, 5.74) is 0.611. The quantitative estimate of drug-likeness (QED) is 0.847. The SMILES string of the molecule is O=C(CN1CCN(C(=O)Nc2ccccc2Cl)CC1)c1cccs1. The lowest BCUT2D eigenvalue weighted by Crippen LogP contribution is -2.51. The molecular weight excluding hydrogens is 346 g/mol. The number of hydrogen-bond donors (Lipinski definition) is 1. The van der Waals surface area contributed by atoms with Crippen molar-refractivity contribution < 1.29 is 9.59 Å². The number of nitrogens with zero attached hydrogens (tertiary/aromatic N) is 2. The molecule has 0 aliphatic carbocycles. The Balaban J connectivity index is 1.49. The third kappa shape index (κ3) is 4.14. The van der Waals surface area contributed by atoms with E-state index in [4.69, 9.17) is 11.6 Å². The number of piperazine rings is 1. The Morgan fingerprint density at radius 3 is 2.50 bits per heavy atom. The van der Waals surface area contributed by atoms with E-state index in [0.29, 0.717) is 43.4 Å². The van der Waals surface area contributed by atoms with Gasteiger partial charge in [0.2, 0.25) is 0 Å². The molecule has 2 aromatic rings. The van der Waals surface area contributed by atoms with Crippen LogP contribution >= 0.6 is 22.9 Å². The van der Waals surface area contributed by atoms with E-state index >= 15 is 0 Å². The predicted octanol–water partition coefficient (Wildman–Crippen LogP) is 3.43. The highest BCUT2D eigenvalue weighted by Gasteiger charge is 2.23. The first-order chi connectivity index (χ1) is 11.6. The molecule has 1 saturated heterocycles. The Morgan fingerprint density at radius 2 is 1.83 bits per heavy atom. The Hall–Kier alpha value is -1.89. The molecule has 0 atom stereocenters. The number of rotatable bonds is 4. The van der Waals surface area contributed by atoms with Crippen LogP contribution < -0.4 is 5.32 Å². The lowest BCUT2D eigenvalue weighted by Gasteiger charge is -2.34. The molecule has 2 heterocycles. The van der Waals surface area contributed by atoms with Gasteiger partial charge in [-0.2, -0.15) is 0 Å². The van der Waals surface area contributed by atoms with Gasteiger partial charge in [0.1, 0.15) is 0 Å². The van der Waals surface area contributed by atoms with Crippen molar-refractivity contribution in [2.75, 3.05) is 38.0 Å². The Morgan fingerprint density at radius 1 is 1.08 bits per heavy atom. The number of amides is 2. The lowest BCUT2D eigenvalue weighted by atomic mass is 10.2. The zero-order valence-electron chi connectivity index (χ0n) is 13.1. The molecule has 1 N–H and O–H groups in total. The molecule has 0 saturated carbocycles. The maximum Gasteiger partial charge on any atom is 0.321 e. The van der Waals surface area contributed by atoms with Crippen molar-refractivity contribution in [1.29, 1.82) is 0 Å². The minimum Gasteiger partial charge on any atom is -0.322 e. The van der Waals surface area contributed by atoms with Crippen molar-refractivity contribution in [3.8, 4) is 0 Å². The Labute approximate surface area is 149 Å². The summed E-state index contributed by atoms with van der Waals surface area (Å²) >= 11 is 7.52. The van der Waals surface area contributed by atoms with Gasteiger partial charge in [-0.05, 0) is 23.6 Å². The predicted molar refractivity (Wildman–Crippen MR) is 97.1 cm³/mol. The van der Waals surface area contributed by atoms with E-state index < -0.39 is 0 Å². The van der Waals surface area contributed by atoms with E-state index in [0.717, 1.165) is 4.88 Å². The monoisotopic (exact) mass is 363 g/mol. The van der Waals surface area contributed by atoms with Gasteiger partial charge in [-0.3, -0.25) is 9.69 Å². The molecule has 1 aliphatic heterocycles. The van der Waals surface area contributed by atoms with E-state index in [1.165, 1.54) is 11.3 Å². The highest BCUT2D eigenvalue weighted by molar-refractivity contribution is 7.12. The van der Waals surface area contributed by atoms with Crippen LogP contribution in [-0.2, 0) is 0 Å². The molecule has 3 rings (SSSR count). The molecule has 0 bridgehead atoms. The fourth-order valence-corrected chi connectivity index (χ4v) is 3.42. The fourth-order valence-electron chi connectivity index (χ4n) is 2.58. The second-order valence-electron chi connectivity index (χ2n) is 5.57. The first-order valence-corrected chi connectivity index (χ1v) is 8.99. The topological polar surface area (TPSA) is 52.7 Å². The van der Waals surface area contributed by atoms with E-state index in [1.54, 1.807) is 17.0 Å². The number of hydrogen-bond acceptors (Lipinski definition) is 4. The summed E-state index contributed by atoms with van der Waals surface area (Å²) in [4.78, 5) is 29.1. The van der Waals surface area contributed by atoms with Gasteiger partial charge in [0.15, 0.2) is 5.78 Å². The summed E-state index contributed by atoms with van der Waals surface area (Å²) in [5, 5.41) is 5.26. The number of ketones is 1. The van der Waals surface area contributed by atoms with Crippen LogP contribution in [0.2, 0.25) is 5.02 Å². The van der Waals surface area contributed by atoms with Gasteiger partial charge in [0.05, 0.1) is 22.1 Å². The molecule has 1 aliphatic rings. The number of para-hydroxylation sites is 1. The molecule has 1 fully saturated rings. The molecule has 24 heavy (non-hydrogen) atoms. The molecule has 7 heteroatoms. The van der Waals surface area contributed by atoms with Crippen molar-refractivity contribution >= 4 is 40.4 Å². The van der Waals surface area contributed by atoms with Crippen molar-refractivity contribution in [3.63, 3.8) is 0 Å². The van der Waals surface area contributed by atoms with Crippen LogP contribution in [0.25, 0.3) is 0 Å². The molecular formula is C17H18ClN3O2S.